The number of hydrogen-bond donors (Lipinski definition) is 1. The maximum atomic E-state index is 12.4. The zero-order valence-electron chi connectivity index (χ0n) is 24.9. The van der Waals surface area contributed by atoms with E-state index in [-0.39, 0.29) is 17.8 Å². The van der Waals surface area contributed by atoms with Crippen molar-refractivity contribution in [3.05, 3.63) is 53.2 Å². The van der Waals surface area contributed by atoms with Gasteiger partial charge in [-0.3, -0.25) is 14.6 Å². The highest BCUT2D eigenvalue weighted by Gasteiger charge is 2.28. The second kappa shape index (κ2) is 13.2. The number of Topliss-reactive ketones (excluding diaryl/α,β-unsaturated/α-hetero) is 1. The van der Waals surface area contributed by atoms with Crippen molar-refractivity contribution in [2.45, 2.75) is 64.9 Å². The van der Waals surface area contributed by atoms with Crippen LogP contribution in [0.3, 0.4) is 0 Å². The number of piperidine rings is 1. The van der Waals surface area contributed by atoms with Gasteiger partial charge in [-0.2, -0.15) is 0 Å². The molecule has 9 nitrogen and oxygen atoms in total. The number of anilines is 1. The third kappa shape index (κ3) is 8.38. The van der Waals surface area contributed by atoms with E-state index in [1.54, 1.807) is 41.4 Å². The number of ether oxygens (including phenoxy) is 3. The van der Waals surface area contributed by atoms with Gasteiger partial charge in [-0.1, -0.05) is 17.7 Å². The molecular formula is C33H38ClN3O6. The van der Waals surface area contributed by atoms with Crippen molar-refractivity contribution >= 4 is 46.5 Å². The molecule has 1 saturated heterocycles. The van der Waals surface area contributed by atoms with Crippen molar-refractivity contribution in [1.29, 1.82) is 0 Å². The number of ketones is 1. The molecule has 1 aliphatic carbocycles. The van der Waals surface area contributed by atoms with Crippen molar-refractivity contribution in [3.63, 3.8) is 0 Å². The first kappa shape index (κ1) is 30.6. The van der Waals surface area contributed by atoms with Gasteiger partial charge in [0.25, 0.3) is 0 Å². The van der Waals surface area contributed by atoms with Crippen molar-refractivity contribution in [1.82, 2.24) is 9.88 Å². The molecule has 0 atom stereocenters. The molecule has 1 saturated carbocycles. The Morgan fingerprint density at radius 2 is 1.81 bits per heavy atom. The Kier molecular flexibility index (Phi) is 9.40. The summed E-state index contributed by atoms with van der Waals surface area (Å²) < 4.78 is 17.9. The van der Waals surface area contributed by atoms with Gasteiger partial charge in [-0.25, -0.2) is 4.79 Å². The number of hydrogen-bond acceptors (Lipinski definition) is 7. The molecule has 43 heavy (non-hydrogen) atoms. The molecule has 1 N–H and O–H groups in total. The van der Waals surface area contributed by atoms with Crippen LogP contribution < -0.4 is 14.8 Å². The smallest absolute Gasteiger partial charge is 0.410 e. The monoisotopic (exact) mass is 607 g/mol. The molecule has 2 aliphatic rings. The minimum atomic E-state index is -0.526. The summed E-state index contributed by atoms with van der Waals surface area (Å²) in [7, 11) is 0. The molecule has 1 aromatic heterocycles. The molecule has 0 spiro atoms. The van der Waals surface area contributed by atoms with Gasteiger partial charge >= 0.3 is 6.09 Å². The van der Waals surface area contributed by atoms with Crippen LogP contribution in [-0.2, 0) is 20.7 Å². The third-order valence-electron chi connectivity index (χ3n) is 7.61. The second-order valence-electron chi connectivity index (χ2n) is 12.4. The zero-order chi connectivity index (χ0) is 30.6. The average molecular weight is 608 g/mol. The van der Waals surface area contributed by atoms with Gasteiger partial charge in [0.2, 0.25) is 6.41 Å². The summed E-state index contributed by atoms with van der Waals surface area (Å²) in [5.41, 5.74) is 1.39. The highest BCUT2D eigenvalue weighted by molar-refractivity contribution is 6.31. The predicted octanol–water partition coefficient (Wildman–Crippen LogP) is 7.19. The molecule has 0 bridgehead atoms. The molecule has 10 heteroatoms. The first-order chi connectivity index (χ1) is 20.6. The van der Waals surface area contributed by atoms with Gasteiger partial charge in [0.05, 0.1) is 17.8 Å². The van der Waals surface area contributed by atoms with Gasteiger partial charge in [-0.15, -0.1) is 0 Å². The lowest BCUT2D eigenvalue weighted by atomic mass is 9.98. The summed E-state index contributed by atoms with van der Waals surface area (Å²) in [4.78, 5) is 42.4. The Hall–Kier alpha value is -3.85. The number of rotatable bonds is 11. The van der Waals surface area contributed by atoms with E-state index in [9.17, 15) is 14.4 Å². The Morgan fingerprint density at radius 3 is 2.49 bits per heavy atom. The van der Waals surface area contributed by atoms with Crippen LogP contribution in [0.4, 0.5) is 10.5 Å². The van der Waals surface area contributed by atoms with Crippen LogP contribution in [0.1, 0.15) is 58.4 Å². The number of fused-ring (bicyclic) bond motifs is 1. The highest BCUT2D eigenvalue weighted by Crippen LogP contribution is 2.37. The summed E-state index contributed by atoms with van der Waals surface area (Å²) in [5, 5.41) is 3.90. The first-order valence-electron chi connectivity index (χ1n) is 14.8. The topological polar surface area (TPSA) is 107 Å². The molecule has 228 valence electrons. The van der Waals surface area contributed by atoms with E-state index in [1.165, 1.54) is 0 Å². The molecule has 2 amide bonds. The normalized spacial score (nSPS) is 15.7. The molecular weight excluding hydrogens is 570 g/mol. The van der Waals surface area contributed by atoms with E-state index < -0.39 is 5.60 Å². The lowest BCUT2D eigenvalue weighted by Gasteiger charge is -2.33. The fraction of sp³-hybridized carbons (Fsp3) is 0.455. The van der Waals surface area contributed by atoms with Crippen LogP contribution in [0, 0.1) is 11.8 Å². The lowest BCUT2D eigenvalue weighted by molar-refractivity contribution is -0.118. The largest absolute Gasteiger partial charge is 0.491 e. The second-order valence-corrected chi connectivity index (χ2v) is 12.8. The van der Waals surface area contributed by atoms with Crippen LogP contribution in [0.2, 0.25) is 5.02 Å². The van der Waals surface area contributed by atoms with E-state index >= 15 is 0 Å². The number of aromatic nitrogens is 1. The summed E-state index contributed by atoms with van der Waals surface area (Å²) in [6, 6.07) is 10.6. The zero-order valence-corrected chi connectivity index (χ0v) is 25.6. The molecule has 5 rings (SSSR count). The Labute approximate surface area is 256 Å². The number of halogens is 1. The number of carbonyl (C=O) groups is 3. The van der Waals surface area contributed by atoms with Gasteiger partial charge in [-0.05, 0) is 88.1 Å². The number of carbonyl (C=O) groups excluding carboxylic acids is 3. The van der Waals surface area contributed by atoms with Crippen LogP contribution in [-0.4, -0.2) is 53.5 Å². The van der Waals surface area contributed by atoms with Crippen LogP contribution in [0.25, 0.3) is 10.9 Å². The van der Waals surface area contributed by atoms with E-state index in [0.29, 0.717) is 83.7 Å². The number of nitrogens with one attached hydrogen (secondary N) is 1. The Bertz CT molecular complexity index is 1490. The van der Waals surface area contributed by atoms with Crippen molar-refractivity contribution < 1.29 is 28.6 Å². The fourth-order valence-corrected chi connectivity index (χ4v) is 5.38. The van der Waals surface area contributed by atoms with E-state index in [2.05, 4.69) is 10.3 Å². The number of pyridine rings is 1. The van der Waals surface area contributed by atoms with Gasteiger partial charge in [0.15, 0.2) is 0 Å². The minimum Gasteiger partial charge on any atom is -0.491 e. The Balaban J connectivity index is 1.25. The van der Waals surface area contributed by atoms with E-state index in [1.807, 2.05) is 26.8 Å². The summed E-state index contributed by atoms with van der Waals surface area (Å²) in [6.07, 6.45) is 6.75. The number of benzene rings is 2. The van der Waals surface area contributed by atoms with Crippen LogP contribution in [0.5, 0.6) is 17.2 Å². The highest BCUT2D eigenvalue weighted by atomic mass is 35.5. The lowest BCUT2D eigenvalue weighted by Crippen LogP contribution is -2.42. The number of likely N-dealkylation sites (tertiary alicyclic amines) is 1. The van der Waals surface area contributed by atoms with Crippen LogP contribution >= 0.6 is 11.6 Å². The van der Waals surface area contributed by atoms with Crippen molar-refractivity contribution in [2.75, 3.05) is 25.0 Å². The Morgan fingerprint density at radius 1 is 1.05 bits per heavy atom. The quantitative estimate of drug-likeness (QED) is 0.230. The molecule has 0 radical (unpaired) electrons. The standard InChI is InChI=1S/C33H38ClN3O6/c1-33(2,3)43-32(40)37-12-9-22(10-13-37)19-41-31-18-28-26(17-29(31)36-20-38)30(8-11-35-28)42-25-7-6-23(27(34)16-25)15-24(39)14-21-4-5-21/h6-8,11,16-18,20-22H,4-5,9-10,12-15,19H2,1-3H3,(H,36,38). The van der Waals surface area contributed by atoms with Crippen molar-refractivity contribution in [2.24, 2.45) is 11.8 Å². The van der Waals surface area contributed by atoms with Crippen LogP contribution in [0.15, 0.2) is 42.6 Å². The SMILES string of the molecule is CC(C)(C)OC(=O)N1CCC(COc2cc3nccc(Oc4ccc(CC(=O)CC5CC5)c(Cl)c4)c3cc2NC=O)CC1. The van der Waals surface area contributed by atoms with Gasteiger partial charge < -0.3 is 24.4 Å². The van der Waals surface area contributed by atoms with Crippen molar-refractivity contribution in [3.8, 4) is 17.2 Å². The molecule has 3 aromatic rings. The third-order valence-corrected chi connectivity index (χ3v) is 7.96. The maximum absolute atomic E-state index is 12.4. The minimum absolute atomic E-state index is 0.206. The van der Waals surface area contributed by atoms with E-state index in [4.69, 9.17) is 25.8 Å². The molecule has 2 aromatic carbocycles. The average Bonchev–Trinajstić information content (AvgIpc) is 3.77. The first-order valence-corrected chi connectivity index (χ1v) is 15.2. The molecule has 1 aliphatic heterocycles. The van der Waals surface area contributed by atoms with E-state index in [0.717, 1.165) is 31.2 Å². The fourth-order valence-electron chi connectivity index (χ4n) is 5.14. The van der Waals surface area contributed by atoms with Gasteiger partial charge in [0, 0.05) is 48.6 Å². The summed E-state index contributed by atoms with van der Waals surface area (Å²) >= 11 is 6.51. The molecule has 2 heterocycles. The molecule has 2 fully saturated rings. The number of amides is 2. The summed E-state index contributed by atoms with van der Waals surface area (Å²) in [6.45, 7) is 7.22. The predicted molar refractivity (Wildman–Crippen MR) is 165 cm³/mol. The maximum Gasteiger partial charge on any atom is 0.410 e. The summed E-state index contributed by atoms with van der Waals surface area (Å²) in [5.74, 6) is 2.56. The van der Waals surface area contributed by atoms with Gasteiger partial charge in [0.1, 0.15) is 28.6 Å². The molecule has 0 unspecified atom stereocenters. The number of nitrogens with zero attached hydrogens (tertiary/aromatic N) is 2.